The smallest absolute Gasteiger partial charge is 0.193 e. The summed E-state index contributed by atoms with van der Waals surface area (Å²) in [6.45, 7) is 6.25. The van der Waals surface area contributed by atoms with E-state index in [1.54, 1.807) is 0 Å². The molecule has 2 fully saturated rings. The molecule has 2 heterocycles. The second-order valence-electron chi connectivity index (χ2n) is 7.57. The van der Waals surface area contributed by atoms with E-state index in [4.69, 9.17) is 4.74 Å². The number of ether oxygens (including phenoxy) is 1. The van der Waals surface area contributed by atoms with E-state index in [0.717, 1.165) is 45.2 Å². The van der Waals surface area contributed by atoms with Gasteiger partial charge in [0.15, 0.2) is 15.8 Å². The number of aliphatic imine (C=N–C) groups is 1. The molecule has 0 saturated carbocycles. The highest BCUT2D eigenvalue weighted by Crippen LogP contribution is 2.17. The molecule has 0 aliphatic carbocycles. The second kappa shape index (κ2) is 12.1. The predicted molar refractivity (Wildman–Crippen MR) is 128 cm³/mol. The summed E-state index contributed by atoms with van der Waals surface area (Å²) in [5, 5.41) is 3.43. The van der Waals surface area contributed by atoms with Crippen LogP contribution in [0.15, 0.2) is 35.3 Å². The van der Waals surface area contributed by atoms with Gasteiger partial charge in [-0.1, -0.05) is 30.3 Å². The van der Waals surface area contributed by atoms with Crippen LogP contribution >= 0.6 is 24.0 Å². The van der Waals surface area contributed by atoms with E-state index in [-0.39, 0.29) is 35.5 Å². The van der Waals surface area contributed by atoms with Gasteiger partial charge in [-0.25, -0.2) is 8.42 Å². The minimum absolute atomic E-state index is 0. The van der Waals surface area contributed by atoms with Gasteiger partial charge in [0, 0.05) is 52.2 Å². The highest BCUT2D eigenvalue weighted by atomic mass is 127. The standard InChI is InChI=1S/C20H32N4O3S.HI/c1-21-20(22-8-10-23-11-13-28(25,26)14-12-23)24-9-7-19(15-24)17-27-16-18-5-3-2-4-6-18;/h2-6,19H,7-17H2,1H3,(H,21,22);1H. The Hall–Kier alpha value is -0.910. The van der Waals surface area contributed by atoms with Crippen LogP contribution in [0.1, 0.15) is 12.0 Å². The molecule has 0 aromatic heterocycles. The van der Waals surface area contributed by atoms with Crippen molar-refractivity contribution in [3.8, 4) is 0 Å². The molecule has 0 spiro atoms. The van der Waals surface area contributed by atoms with Crippen molar-refractivity contribution in [1.29, 1.82) is 0 Å². The lowest BCUT2D eigenvalue weighted by molar-refractivity contribution is 0.0906. The van der Waals surface area contributed by atoms with Crippen LogP contribution in [-0.2, 0) is 21.2 Å². The summed E-state index contributed by atoms with van der Waals surface area (Å²) in [5.41, 5.74) is 1.21. The summed E-state index contributed by atoms with van der Waals surface area (Å²) in [4.78, 5) is 8.90. The molecule has 7 nitrogen and oxygen atoms in total. The predicted octanol–water partition coefficient (Wildman–Crippen LogP) is 1.45. The molecular formula is C20H33IN4O3S. The van der Waals surface area contributed by atoms with Crippen molar-refractivity contribution in [3.05, 3.63) is 35.9 Å². The number of nitrogens with one attached hydrogen (secondary N) is 1. The van der Waals surface area contributed by atoms with Gasteiger partial charge in [0.05, 0.1) is 24.7 Å². The Morgan fingerprint density at radius 3 is 2.62 bits per heavy atom. The first kappa shape index (κ1) is 24.4. The van der Waals surface area contributed by atoms with Gasteiger partial charge in [0.1, 0.15) is 0 Å². The van der Waals surface area contributed by atoms with E-state index in [2.05, 4.69) is 32.2 Å². The Balaban J connectivity index is 0.00000300. The molecule has 9 heteroatoms. The third kappa shape index (κ3) is 8.03. The van der Waals surface area contributed by atoms with E-state index in [1.807, 2.05) is 25.2 Å². The fraction of sp³-hybridized carbons (Fsp3) is 0.650. The monoisotopic (exact) mass is 536 g/mol. The molecule has 3 rings (SSSR count). The quantitative estimate of drug-likeness (QED) is 0.323. The summed E-state index contributed by atoms with van der Waals surface area (Å²) < 4.78 is 28.9. The van der Waals surface area contributed by atoms with Crippen molar-refractivity contribution in [3.63, 3.8) is 0 Å². The van der Waals surface area contributed by atoms with Crippen LogP contribution in [0.5, 0.6) is 0 Å². The van der Waals surface area contributed by atoms with Gasteiger partial charge in [-0.15, -0.1) is 24.0 Å². The van der Waals surface area contributed by atoms with Gasteiger partial charge in [0.2, 0.25) is 0 Å². The highest BCUT2D eigenvalue weighted by Gasteiger charge is 2.25. The Morgan fingerprint density at radius 2 is 1.93 bits per heavy atom. The van der Waals surface area contributed by atoms with Gasteiger partial charge in [-0.2, -0.15) is 0 Å². The lowest BCUT2D eigenvalue weighted by Crippen LogP contribution is -2.46. The molecular weight excluding hydrogens is 503 g/mol. The first-order valence-corrected chi connectivity index (χ1v) is 11.9. The maximum atomic E-state index is 11.5. The average Bonchev–Trinajstić information content (AvgIpc) is 3.16. The lowest BCUT2D eigenvalue weighted by atomic mass is 10.1. The number of sulfone groups is 1. The maximum Gasteiger partial charge on any atom is 0.193 e. The number of hydrogen-bond donors (Lipinski definition) is 1. The number of benzene rings is 1. The molecule has 1 unspecified atom stereocenters. The molecule has 0 bridgehead atoms. The van der Waals surface area contributed by atoms with Crippen LogP contribution in [-0.4, -0.2) is 88.6 Å². The highest BCUT2D eigenvalue weighted by molar-refractivity contribution is 14.0. The summed E-state index contributed by atoms with van der Waals surface area (Å²) in [6.07, 6.45) is 1.11. The number of guanidine groups is 1. The molecule has 2 aliphatic rings. The molecule has 2 aliphatic heterocycles. The lowest BCUT2D eigenvalue weighted by Gasteiger charge is -2.28. The SMILES string of the molecule is CN=C(NCCN1CCS(=O)(=O)CC1)N1CCC(COCc2ccccc2)C1.I. The average molecular weight is 536 g/mol. The molecule has 164 valence electrons. The first-order chi connectivity index (χ1) is 13.6. The van der Waals surface area contributed by atoms with Crippen LogP contribution in [0.25, 0.3) is 0 Å². The second-order valence-corrected chi connectivity index (χ2v) is 9.87. The molecule has 29 heavy (non-hydrogen) atoms. The number of halogens is 1. The molecule has 2 saturated heterocycles. The van der Waals surface area contributed by atoms with Crippen molar-refractivity contribution in [2.75, 3.05) is 64.4 Å². The minimum atomic E-state index is -2.81. The Kier molecular flexibility index (Phi) is 10.1. The Morgan fingerprint density at radius 1 is 1.21 bits per heavy atom. The van der Waals surface area contributed by atoms with Crippen molar-refractivity contribution in [1.82, 2.24) is 15.1 Å². The number of nitrogens with zero attached hydrogens (tertiary/aromatic N) is 3. The maximum absolute atomic E-state index is 11.5. The topological polar surface area (TPSA) is 74.2 Å². The zero-order valence-electron chi connectivity index (χ0n) is 17.1. The van der Waals surface area contributed by atoms with Gasteiger partial charge >= 0.3 is 0 Å². The third-order valence-electron chi connectivity index (χ3n) is 5.41. The van der Waals surface area contributed by atoms with Crippen LogP contribution in [0.4, 0.5) is 0 Å². The van der Waals surface area contributed by atoms with Crippen LogP contribution in [0.3, 0.4) is 0 Å². The van der Waals surface area contributed by atoms with Gasteiger partial charge in [-0.05, 0) is 12.0 Å². The van der Waals surface area contributed by atoms with E-state index >= 15 is 0 Å². The van der Waals surface area contributed by atoms with Crippen molar-refractivity contribution >= 4 is 39.8 Å². The van der Waals surface area contributed by atoms with Crippen LogP contribution in [0, 0.1) is 5.92 Å². The van der Waals surface area contributed by atoms with E-state index in [1.165, 1.54) is 5.56 Å². The number of hydrogen-bond acceptors (Lipinski definition) is 5. The fourth-order valence-corrected chi connectivity index (χ4v) is 4.99. The number of likely N-dealkylation sites (tertiary alicyclic amines) is 1. The Labute approximate surface area is 191 Å². The van der Waals surface area contributed by atoms with Crippen LogP contribution in [0.2, 0.25) is 0 Å². The van der Waals surface area contributed by atoms with Crippen molar-refractivity contribution in [2.45, 2.75) is 13.0 Å². The van der Waals surface area contributed by atoms with Crippen LogP contribution < -0.4 is 5.32 Å². The third-order valence-corrected chi connectivity index (χ3v) is 7.02. The molecule has 1 N–H and O–H groups in total. The molecule has 0 amide bonds. The Bertz CT molecular complexity index is 731. The largest absolute Gasteiger partial charge is 0.376 e. The van der Waals surface area contributed by atoms with E-state index in [9.17, 15) is 8.42 Å². The van der Waals surface area contributed by atoms with Crippen molar-refractivity contribution in [2.24, 2.45) is 10.9 Å². The summed E-state index contributed by atoms with van der Waals surface area (Å²) in [5.74, 6) is 2.00. The van der Waals surface area contributed by atoms with Crippen molar-refractivity contribution < 1.29 is 13.2 Å². The van der Waals surface area contributed by atoms with Gasteiger partial charge in [0.25, 0.3) is 0 Å². The fourth-order valence-electron chi connectivity index (χ4n) is 3.71. The number of rotatable bonds is 7. The summed E-state index contributed by atoms with van der Waals surface area (Å²) >= 11 is 0. The summed E-state index contributed by atoms with van der Waals surface area (Å²) in [7, 11) is -0.998. The van der Waals surface area contributed by atoms with Gasteiger partial charge in [-0.3, -0.25) is 9.89 Å². The van der Waals surface area contributed by atoms with E-state index < -0.39 is 9.84 Å². The first-order valence-electron chi connectivity index (χ1n) is 10.1. The molecule has 1 aromatic rings. The zero-order chi connectivity index (χ0) is 19.8. The van der Waals surface area contributed by atoms with E-state index in [0.29, 0.717) is 25.6 Å². The van der Waals surface area contributed by atoms with Gasteiger partial charge < -0.3 is 15.0 Å². The summed E-state index contributed by atoms with van der Waals surface area (Å²) in [6, 6.07) is 10.3. The minimum Gasteiger partial charge on any atom is -0.376 e. The molecule has 1 atom stereocenters. The molecule has 1 aromatic carbocycles. The zero-order valence-corrected chi connectivity index (χ0v) is 20.3. The normalized spacial score (nSPS) is 22.3. The molecule has 0 radical (unpaired) electrons.